The number of nitrogens with one attached hydrogen (secondary N) is 2. The van der Waals surface area contributed by atoms with Crippen LogP contribution in [0.5, 0.6) is 0 Å². The van der Waals surface area contributed by atoms with E-state index in [0.717, 1.165) is 25.9 Å². The first-order valence-electron chi connectivity index (χ1n) is 8.86. The monoisotopic (exact) mass is 309 g/mol. The molecule has 3 amide bonds. The van der Waals surface area contributed by atoms with Crippen molar-refractivity contribution in [3.8, 4) is 0 Å². The standard InChI is InChI=1S/C17H31N3O2/c1-13-10-14(2)12-20(11-13)17(22)18-9-8-16(21)19-15-6-4-3-5-7-15/h13-15H,3-12H2,1-2H3,(H,18,22)(H,19,21). The molecule has 0 spiro atoms. The maximum absolute atomic E-state index is 12.1. The minimum atomic E-state index is -0.0242. The molecule has 2 fully saturated rings. The van der Waals surface area contributed by atoms with Crippen LogP contribution >= 0.6 is 0 Å². The minimum absolute atomic E-state index is 0.0242. The van der Waals surface area contributed by atoms with Gasteiger partial charge in [0.05, 0.1) is 0 Å². The number of hydrogen-bond donors (Lipinski definition) is 2. The Balaban J connectivity index is 1.62. The number of amides is 3. The second kappa shape index (κ2) is 8.39. The number of piperidine rings is 1. The van der Waals surface area contributed by atoms with Crippen LogP contribution in [0.2, 0.25) is 0 Å². The lowest BCUT2D eigenvalue weighted by Gasteiger charge is -2.34. The van der Waals surface area contributed by atoms with Crippen LogP contribution in [0, 0.1) is 11.8 Å². The predicted molar refractivity (Wildman–Crippen MR) is 87.5 cm³/mol. The number of carbonyl (C=O) groups excluding carboxylic acids is 2. The Morgan fingerprint density at radius 2 is 1.68 bits per heavy atom. The molecular formula is C17H31N3O2. The highest BCUT2D eigenvalue weighted by Crippen LogP contribution is 2.20. The van der Waals surface area contributed by atoms with Crippen molar-refractivity contribution in [1.82, 2.24) is 15.5 Å². The molecule has 22 heavy (non-hydrogen) atoms. The van der Waals surface area contributed by atoms with Gasteiger partial charge in [0.15, 0.2) is 0 Å². The summed E-state index contributed by atoms with van der Waals surface area (Å²) in [5.74, 6) is 1.18. The van der Waals surface area contributed by atoms with Crippen LogP contribution in [-0.4, -0.2) is 42.5 Å². The average Bonchev–Trinajstić information content (AvgIpc) is 2.47. The zero-order valence-corrected chi connectivity index (χ0v) is 14.1. The normalized spacial score (nSPS) is 26.5. The van der Waals surface area contributed by atoms with Crippen molar-refractivity contribution in [3.05, 3.63) is 0 Å². The topological polar surface area (TPSA) is 61.4 Å². The second-order valence-corrected chi connectivity index (χ2v) is 7.24. The second-order valence-electron chi connectivity index (χ2n) is 7.24. The van der Waals surface area contributed by atoms with E-state index < -0.39 is 0 Å². The van der Waals surface area contributed by atoms with E-state index in [1.807, 2.05) is 4.90 Å². The molecule has 0 radical (unpaired) electrons. The van der Waals surface area contributed by atoms with Crippen molar-refractivity contribution >= 4 is 11.9 Å². The largest absolute Gasteiger partial charge is 0.353 e. The first-order chi connectivity index (χ1) is 10.5. The van der Waals surface area contributed by atoms with Gasteiger partial charge >= 0.3 is 6.03 Å². The van der Waals surface area contributed by atoms with Gasteiger partial charge in [-0.2, -0.15) is 0 Å². The van der Waals surface area contributed by atoms with Gasteiger partial charge in [-0.05, 0) is 31.1 Å². The van der Waals surface area contributed by atoms with Crippen molar-refractivity contribution in [2.45, 2.75) is 64.8 Å². The average molecular weight is 309 g/mol. The Morgan fingerprint density at radius 1 is 1.05 bits per heavy atom. The summed E-state index contributed by atoms with van der Waals surface area (Å²) >= 11 is 0. The molecule has 1 saturated heterocycles. The molecule has 2 aliphatic rings. The summed E-state index contributed by atoms with van der Waals surface area (Å²) in [6, 6.07) is 0.324. The van der Waals surface area contributed by atoms with Crippen LogP contribution < -0.4 is 10.6 Å². The van der Waals surface area contributed by atoms with Crippen LogP contribution in [0.25, 0.3) is 0 Å². The molecule has 5 heteroatoms. The summed E-state index contributed by atoms with van der Waals surface area (Å²) in [4.78, 5) is 25.9. The molecule has 0 aromatic heterocycles. The third kappa shape index (κ3) is 5.50. The maximum Gasteiger partial charge on any atom is 0.317 e. The van der Waals surface area contributed by atoms with Crippen molar-refractivity contribution in [1.29, 1.82) is 0 Å². The number of likely N-dealkylation sites (tertiary alicyclic amines) is 1. The minimum Gasteiger partial charge on any atom is -0.353 e. The first-order valence-corrected chi connectivity index (χ1v) is 8.86. The zero-order chi connectivity index (χ0) is 15.9. The lowest BCUT2D eigenvalue weighted by Crippen LogP contribution is -2.48. The fraction of sp³-hybridized carbons (Fsp3) is 0.882. The molecule has 0 aromatic rings. The van der Waals surface area contributed by atoms with Crippen LogP contribution in [0.15, 0.2) is 0 Å². The Kier molecular flexibility index (Phi) is 6.52. The fourth-order valence-electron chi connectivity index (χ4n) is 3.77. The fourth-order valence-corrected chi connectivity index (χ4v) is 3.77. The highest BCUT2D eigenvalue weighted by Gasteiger charge is 2.25. The van der Waals surface area contributed by atoms with E-state index in [2.05, 4.69) is 24.5 Å². The van der Waals surface area contributed by atoms with Gasteiger partial charge in [-0.3, -0.25) is 4.79 Å². The van der Waals surface area contributed by atoms with E-state index in [4.69, 9.17) is 0 Å². The lowest BCUT2D eigenvalue weighted by molar-refractivity contribution is -0.121. The van der Waals surface area contributed by atoms with Gasteiger partial charge in [-0.25, -0.2) is 4.79 Å². The summed E-state index contributed by atoms with van der Waals surface area (Å²) in [5.41, 5.74) is 0. The highest BCUT2D eigenvalue weighted by molar-refractivity contribution is 5.78. The lowest BCUT2D eigenvalue weighted by atomic mass is 9.92. The van der Waals surface area contributed by atoms with Crippen molar-refractivity contribution in [3.63, 3.8) is 0 Å². The summed E-state index contributed by atoms with van der Waals surface area (Å²) in [6.45, 7) is 6.45. The molecule has 1 aliphatic heterocycles. The third-order valence-corrected chi connectivity index (χ3v) is 4.75. The molecule has 0 bridgehead atoms. The molecule has 2 unspecified atom stereocenters. The van der Waals surface area contributed by atoms with Crippen molar-refractivity contribution < 1.29 is 9.59 Å². The Bertz CT molecular complexity index is 370. The number of urea groups is 1. The molecular weight excluding hydrogens is 278 g/mol. The number of carbonyl (C=O) groups is 2. The Labute approximate surface area is 134 Å². The molecule has 2 atom stereocenters. The number of hydrogen-bond acceptors (Lipinski definition) is 2. The quantitative estimate of drug-likeness (QED) is 0.838. The van der Waals surface area contributed by atoms with Crippen LogP contribution in [0.1, 0.15) is 58.8 Å². The maximum atomic E-state index is 12.1. The van der Waals surface area contributed by atoms with Crippen molar-refractivity contribution in [2.75, 3.05) is 19.6 Å². The van der Waals surface area contributed by atoms with Gasteiger partial charge < -0.3 is 15.5 Å². The van der Waals surface area contributed by atoms with E-state index in [1.165, 1.54) is 25.7 Å². The number of rotatable bonds is 4. The Hall–Kier alpha value is -1.26. The molecule has 5 nitrogen and oxygen atoms in total. The zero-order valence-electron chi connectivity index (χ0n) is 14.1. The molecule has 2 N–H and O–H groups in total. The van der Waals surface area contributed by atoms with Crippen LogP contribution in [0.3, 0.4) is 0 Å². The van der Waals surface area contributed by atoms with E-state index in [9.17, 15) is 9.59 Å². The van der Waals surface area contributed by atoms with Crippen LogP contribution in [-0.2, 0) is 4.79 Å². The van der Waals surface area contributed by atoms with Gasteiger partial charge in [0, 0.05) is 32.1 Å². The predicted octanol–water partition coefficient (Wildman–Crippen LogP) is 2.51. The van der Waals surface area contributed by atoms with Crippen molar-refractivity contribution in [2.24, 2.45) is 11.8 Å². The summed E-state index contributed by atoms with van der Waals surface area (Å²) in [5, 5.41) is 5.97. The molecule has 0 aromatic carbocycles. The molecule has 1 saturated carbocycles. The third-order valence-electron chi connectivity index (χ3n) is 4.75. The summed E-state index contributed by atoms with van der Waals surface area (Å²) in [6.07, 6.45) is 7.48. The van der Waals surface area contributed by atoms with E-state index >= 15 is 0 Å². The highest BCUT2D eigenvalue weighted by atomic mass is 16.2. The van der Waals surface area contributed by atoms with E-state index in [-0.39, 0.29) is 11.9 Å². The molecule has 2 rings (SSSR count). The Morgan fingerprint density at radius 3 is 2.32 bits per heavy atom. The summed E-state index contributed by atoms with van der Waals surface area (Å²) in [7, 11) is 0. The summed E-state index contributed by atoms with van der Waals surface area (Å²) < 4.78 is 0. The van der Waals surface area contributed by atoms with E-state index in [1.54, 1.807) is 0 Å². The number of nitrogens with zero attached hydrogens (tertiary/aromatic N) is 1. The molecule has 126 valence electrons. The van der Waals surface area contributed by atoms with Gasteiger partial charge in [-0.15, -0.1) is 0 Å². The van der Waals surface area contributed by atoms with Gasteiger partial charge in [-0.1, -0.05) is 33.1 Å². The molecule has 1 aliphatic carbocycles. The van der Waals surface area contributed by atoms with Crippen LogP contribution in [0.4, 0.5) is 4.79 Å². The SMILES string of the molecule is CC1CC(C)CN(C(=O)NCCC(=O)NC2CCCCC2)C1. The first kappa shape index (κ1) is 17.1. The van der Waals surface area contributed by atoms with Gasteiger partial charge in [0.25, 0.3) is 0 Å². The van der Waals surface area contributed by atoms with E-state index in [0.29, 0.717) is 30.8 Å². The van der Waals surface area contributed by atoms with Gasteiger partial charge in [0.1, 0.15) is 0 Å². The molecule has 1 heterocycles. The van der Waals surface area contributed by atoms with Gasteiger partial charge in [0.2, 0.25) is 5.91 Å². The smallest absolute Gasteiger partial charge is 0.317 e.